The first-order valence-corrected chi connectivity index (χ1v) is 22.5. The molecule has 4 nitrogen and oxygen atoms in total. The molecular weight excluding hydrogens is 663 g/mol. The van der Waals surface area contributed by atoms with Crippen LogP contribution in [0.4, 0.5) is 0 Å². The predicted molar refractivity (Wildman–Crippen MR) is 220 cm³/mol. The van der Waals surface area contributed by atoms with Crippen molar-refractivity contribution in [1.29, 1.82) is 0 Å². The first-order valence-electron chi connectivity index (χ1n) is 19.0. The third kappa shape index (κ3) is 4.29. The molecule has 8 aromatic rings. The van der Waals surface area contributed by atoms with Gasteiger partial charge in [-0.25, -0.2) is 0 Å². The summed E-state index contributed by atoms with van der Waals surface area (Å²) in [6.07, 6.45) is 2.50. The molecule has 1 spiro atoms. The zero-order chi connectivity index (χ0) is 36.8. The van der Waals surface area contributed by atoms with E-state index in [-0.39, 0.29) is 10.8 Å². The van der Waals surface area contributed by atoms with Gasteiger partial charge >= 0.3 is 11.5 Å². The maximum atomic E-state index is 7.01. The normalized spacial score (nSPS) is 16.5. The molecule has 0 fully saturated rings. The van der Waals surface area contributed by atoms with E-state index in [9.17, 15) is 0 Å². The third-order valence-electron chi connectivity index (χ3n) is 11.9. The Hall–Kier alpha value is -5.26. The Morgan fingerprint density at radius 1 is 0.660 bits per heavy atom. The fraction of sp³-hybridized carbons (Fsp3) is 0.250. The Bertz CT molecular complexity index is 2770. The van der Waals surface area contributed by atoms with Crippen LogP contribution >= 0.6 is 0 Å². The number of rotatable bonds is 2. The first-order chi connectivity index (χ1) is 25.2. The molecule has 2 aliphatic heterocycles. The fourth-order valence-electron chi connectivity index (χ4n) is 9.10. The summed E-state index contributed by atoms with van der Waals surface area (Å²) in [6, 6.07) is 43.4. The Kier molecular flexibility index (Phi) is 6.39. The third-order valence-corrected chi connectivity index (χ3v) is 14.0. The number of furan rings is 1. The number of aromatic nitrogens is 3. The van der Waals surface area contributed by atoms with Crippen LogP contribution in [-0.2, 0) is 16.5 Å². The van der Waals surface area contributed by atoms with Crippen molar-refractivity contribution >= 4 is 46.2 Å². The highest BCUT2D eigenvalue weighted by Crippen LogP contribution is 2.52. The molecular formula is C48H47N3OSi+2. The lowest BCUT2D eigenvalue weighted by atomic mass is 9.82. The molecule has 1 unspecified atom stereocenters. The molecule has 0 radical (unpaired) electrons. The Balaban J connectivity index is 1.44. The van der Waals surface area contributed by atoms with Gasteiger partial charge < -0.3 is 4.42 Å². The van der Waals surface area contributed by atoms with Crippen molar-refractivity contribution in [1.82, 2.24) is 4.57 Å². The van der Waals surface area contributed by atoms with Crippen LogP contribution < -0.4 is 14.3 Å². The summed E-state index contributed by atoms with van der Waals surface area (Å²) in [4.78, 5) is 0. The molecule has 10 rings (SSSR count). The summed E-state index contributed by atoms with van der Waals surface area (Å²) in [5, 5.41) is 3.72. The van der Waals surface area contributed by atoms with Crippen LogP contribution in [0.5, 0.6) is 0 Å². The van der Waals surface area contributed by atoms with Crippen LogP contribution in [0.1, 0.15) is 63.8 Å². The summed E-state index contributed by atoms with van der Waals surface area (Å²) in [5.74, 6) is 1.14. The van der Waals surface area contributed by atoms with Crippen molar-refractivity contribution in [3.63, 3.8) is 0 Å². The SMILES string of the molecule is CC(C)(C)c1ccc(-n2c3[n+](c4ccccc42)C2(c4cc(C(C)(C)C)ccc4-c4ccc([Si](C)(C)C)c[n+]42)c2ccc4c(oc5ccccc54)c2-3)cc1. The number of benzene rings is 5. The van der Waals surface area contributed by atoms with Crippen LogP contribution in [0.3, 0.4) is 0 Å². The minimum absolute atomic E-state index is 0.0282. The maximum absolute atomic E-state index is 7.01. The van der Waals surface area contributed by atoms with Crippen LogP contribution in [-0.4, -0.2) is 12.6 Å². The van der Waals surface area contributed by atoms with E-state index in [0.717, 1.165) is 39.0 Å². The Morgan fingerprint density at radius 3 is 2.09 bits per heavy atom. The molecule has 262 valence electrons. The molecule has 3 aromatic heterocycles. The van der Waals surface area contributed by atoms with Crippen molar-refractivity contribution in [2.24, 2.45) is 0 Å². The zero-order valence-corrected chi connectivity index (χ0v) is 33.3. The van der Waals surface area contributed by atoms with E-state index >= 15 is 0 Å². The molecule has 0 saturated heterocycles. The molecule has 5 heteroatoms. The van der Waals surface area contributed by atoms with E-state index in [1.165, 1.54) is 49.7 Å². The van der Waals surface area contributed by atoms with E-state index in [0.29, 0.717) is 0 Å². The zero-order valence-electron chi connectivity index (χ0n) is 32.3. The molecule has 2 aliphatic rings. The van der Waals surface area contributed by atoms with Crippen molar-refractivity contribution in [2.75, 3.05) is 0 Å². The minimum atomic E-state index is -1.71. The fourth-order valence-corrected chi connectivity index (χ4v) is 10.2. The second-order valence-corrected chi connectivity index (χ2v) is 23.4. The summed E-state index contributed by atoms with van der Waals surface area (Å²) in [5.41, 5.74) is 13.6. The number of pyridine rings is 1. The van der Waals surface area contributed by atoms with Crippen molar-refractivity contribution in [3.05, 3.63) is 144 Å². The largest absolute Gasteiger partial charge is 0.455 e. The van der Waals surface area contributed by atoms with Gasteiger partial charge in [0, 0.05) is 22.0 Å². The number of para-hydroxylation sites is 3. The first kappa shape index (κ1) is 32.4. The van der Waals surface area contributed by atoms with Crippen molar-refractivity contribution in [2.45, 2.75) is 77.7 Å². The average Bonchev–Trinajstić information content (AvgIpc) is 3.83. The lowest BCUT2D eigenvalue weighted by Gasteiger charge is -2.24. The van der Waals surface area contributed by atoms with Crippen LogP contribution in [0.25, 0.3) is 61.3 Å². The van der Waals surface area contributed by atoms with Gasteiger partial charge in [0.1, 0.15) is 16.8 Å². The summed E-state index contributed by atoms with van der Waals surface area (Å²) in [6.45, 7) is 21.2. The lowest BCUT2D eigenvalue weighted by molar-refractivity contribution is -0.944. The van der Waals surface area contributed by atoms with E-state index < -0.39 is 13.7 Å². The summed E-state index contributed by atoms with van der Waals surface area (Å²) >= 11 is 0. The van der Waals surface area contributed by atoms with Gasteiger partial charge in [-0.05, 0) is 76.6 Å². The van der Waals surface area contributed by atoms with E-state index in [1.54, 1.807) is 0 Å². The maximum Gasteiger partial charge on any atom is 0.364 e. The highest BCUT2D eigenvalue weighted by molar-refractivity contribution is 6.88. The van der Waals surface area contributed by atoms with Crippen LogP contribution in [0, 0.1) is 0 Å². The minimum Gasteiger partial charge on any atom is -0.455 e. The number of fused-ring (bicyclic) bond motifs is 16. The molecule has 1 atom stereocenters. The molecule has 0 amide bonds. The molecule has 5 aromatic carbocycles. The molecule has 0 aliphatic carbocycles. The van der Waals surface area contributed by atoms with Gasteiger partial charge in [0.15, 0.2) is 22.8 Å². The van der Waals surface area contributed by atoms with Crippen LogP contribution in [0.15, 0.2) is 126 Å². The van der Waals surface area contributed by atoms with Gasteiger partial charge in [0.25, 0.3) is 0 Å². The number of nitrogens with zero attached hydrogens (tertiary/aromatic N) is 3. The van der Waals surface area contributed by atoms with E-state index in [2.05, 4.69) is 196 Å². The molecule has 0 N–H and O–H groups in total. The second kappa shape index (κ2) is 10.4. The number of hydrogen-bond acceptors (Lipinski definition) is 1. The van der Waals surface area contributed by atoms with Gasteiger partial charge in [-0.15, -0.1) is 9.13 Å². The Labute approximate surface area is 313 Å². The van der Waals surface area contributed by atoms with Gasteiger partial charge in [-0.3, -0.25) is 0 Å². The summed E-state index contributed by atoms with van der Waals surface area (Å²) < 4.78 is 14.8. The predicted octanol–water partition coefficient (Wildman–Crippen LogP) is 10.5. The number of hydrogen-bond donors (Lipinski definition) is 0. The lowest BCUT2D eigenvalue weighted by Crippen LogP contribution is -2.72. The van der Waals surface area contributed by atoms with Gasteiger partial charge in [-0.1, -0.05) is 116 Å². The topological polar surface area (TPSA) is 25.8 Å². The molecule has 0 bridgehead atoms. The molecule has 53 heavy (non-hydrogen) atoms. The Morgan fingerprint density at radius 2 is 1.36 bits per heavy atom. The van der Waals surface area contributed by atoms with E-state index in [1.807, 2.05) is 0 Å². The molecule has 5 heterocycles. The van der Waals surface area contributed by atoms with Crippen molar-refractivity contribution < 1.29 is 13.6 Å². The second-order valence-electron chi connectivity index (χ2n) is 18.3. The summed E-state index contributed by atoms with van der Waals surface area (Å²) in [7, 11) is -1.71. The van der Waals surface area contributed by atoms with E-state index in [4.69, 9.17) is 4.42 Å². The van der Waals surface area contributed by atoms with Gasteiger partial charge in [0.2, 0.25) is 5.69 Å². The quantitative estimate of drug-likeness (QED) is 0.130. The standard InChI is InChI=1S/C48H47N3OSi/c1-46(2,3)30-18-21-32(22-19-30)50-40-15-11-12-16-41(40)51-45(50)43-37(26-25-35-34-14-10-13-17-42(34)52-44(35)43)48(51)38-28-31(47(4,5)6)20-24-36(38)39-27-23-33(29-49(39)48)53(7,8)9/h10-29H,1-9H3/q+2. The highest BCUT2D eigenvalue weighted by Gasteiger charge is 2.67. The van der Waals surface area contributed by atoms with Gasteiger partial charge in [0.05, 0.1) is 24.8 Å². The molecule has 0 saturated carbocycles. The van der Waals surface area contributed by atoms with Gasteiger partial charge in [-0.2, -0.15) is 4.57 Å². The van der Waals surface area contributed by atoms with Crippen LogP contribution in [0.2, 0.25) is 19.6 Å². The monoisotopic (exact) mass is 709 g/mol. The average molecular weight is 710 g/mol. The number of imidazole rings is 1. The van der Waals surface area contributed by atoms with Crippen molar-refractivity contribution in [3.8, 4) is 28.3 Å². The highest BCUT2D eigenvalue weighted by atomic mass is 28.3. The smallest absolute Gasteiger partial charge is 0.364 e.